The Labute approximate surface area is 183 Å². The molecular formula is C23H34F2N4O2. The van der Waals surface area contributed by atoms with Crippen LogP contribution < -0.4 is 16.4 Å². The average molecular weight is 437 g/mol. The van der Waals surface area contributed by atoms with Crippen LogP contribution in [0.5, 0.6) is 0 Å². The Balaban J connectivity index is 3.00. The highest BCUT2D eigenvalue weighted by atomic mass is 19.3. The van der Waals surface area contributed by atoms with E-state index in [2.05, 4.69) is 22.2 Å². The molecule has 0 saturated heterocycles. The molecule has 2 amide bonds. The van der Waals surface area contributed by atoms with Crippen LogP contribution in [0.2, 0.25) is 0 Å². The van der Waals surface area contributed by atoms with Crippen LogP contribution in [0.25, 0.3) is 0 Å². The first-order chi connectivity index (χ1) is 14.5. The van der Waals surface area contributed by atoms with Gasteiger partial charge in [0.25, 0.3) is 5.91 Å². The highest BCUT2D eigenvalue weighted by molar-refractivity contribution is 5.97. The first-order valence-corrected chi connectivity index (χ1v) is 10.5. The minimum absolute atomic E-state index is 0.105. The van der Waals surface area contributed by atoms with Gasteiger partial charge >= 0.3 is 0 Å². The topological polar surface area (TPSA) is 97.1 Å². The number of aryl methyl sites for hydroxylation is 1. The molecule has 3 atom stereocenters. The lowest BCUT2D eigenvalue weighted by Crippen LogP contribution is -2.41. The van der Waals surface area contributed by atoms with Gasteiger partial charge in [0.1, 0.15) is 5.82 Å². The van der Waals surface area contributed by atoms with Crippen molar-refractivity contribution in [2.45, 2.75) is 66.0 Å². The van der Waals surface area contributed by atoms with Gasteiger partial charge in [-0.2, -0.15) is 0 Å². The highest BCUT2D eigenvalue weighted by Gasteiger charge is 2.26. The number of nitrogens with zero attached hydrogens (tertiary/aromatic N) is 1. The van der Waals surface area contributed by atoms with Gasteiger partial charge in [-0.1, -0.05) is 39.5 Å². The van der Waals surface area contributed by atoms with Crippen LogP contribution in [-0.4, -0.2) is 35.3 Å². The second-order valence-electron chi connectivity index (χ2n) is 7.97. The Morgan fingerprint density at radius 3 is 2.42 bits per heavy atom. The van der Waals surface area contributed by atoms with Crippen molar-refractivity contribution in [1.29, 1.82) is 0 Å². The SMILES string of the molecule is C=C/C=C(\C(N)CC(CC)C(F)F)C(C)NC(=O)c1cc(C)nc(NC(=O)C(C)C)c1. The van der Waals surface area contributed by atoms with Crippen molar-refractivity contribution in [3.63, 3.8) is 0 Å². The fraction of sp³-hybridized carbons (Fsp3) is 0.522. The van der Waals surface area contributed by atoms with Crippen LogP contribution >= 0.6 is 0 Å². The lowest BCUT2D eigenvalue weighted by Gasteiger charge is -2.26. The Kier molecular flexibility index (Phi) is 10.5. The van der Waals surface area contributed by atoms with Crippen LogP contribution in [0.1, 0.15) is 56.6 Å². The number of nitrogens with one attached hydrogen (secondary N) is 2. The standard InChI is InChI=1S/C23H34F2N4O2/c1-7-9-18(19(26)11-16(8-2)21(24)25)15(6)28-23(31)17-10-14(5)27-20(12-17)29-22(30)13(3)4/h7,9-10,12-13,15-16,19,21H,1,8,11,26H2,2-6H3,(H,28,31)(H,27,29,30)/b18-9-. The number of carbonyl (C=O) groups is 2. The fourth-order valence-corrected chi connectivity index (χ4v) is 3.13. The number of hydrogen-bond acceptors (Lipinski definition) is 4. The number of alkyl halides is 2. The normalized spacial score (nSPS) is 14.8. The largest absolute Gasteiger partial charge is 0.346 e. The number of allylic oxidation sites excluding steroid dienone is 2. The summed E-state index contributed by atoms with van der Waals surface area (Å²) in [6, 6.07) is 1.95. The molecule has 0 aliphatic heterocycles. The smallest absolute Gasteiger partial charge is 0.251 e. The summed E-state index contributed by atoms with van der Waals surface area (Å²) in [5.41, 5.74) is 7.71. The first kappa shape index (κ1) is 26.4. The van der Waals surface area contributed by atoms with E-state index in [0.717, 1.165) is 0 Å². The number of nitrogens with two attached hydrogens (primary N) is 1. The van der Waals surface area contributed by atoms with Crippen LogP contribution in [0.3, 0.4) is 0 Å². The van der Waals surface area contributed by atoms with E-state index in [-0.39, 0.29) is 30.0 Å². The monoisotopic (exact) mass is 436 g/mol. The van der Waals surface area contributed by atoms with Crippen LogP contribution in [0, 0.1) is 18.8 Å². The molecule has 0 aromatic carbocycles. The number of carbonyl (C=O) groups excluding carboxylic acids is 2. The summed E-state index contributed by atoms with van der Waals surface area (Å²) in [7, 11) is 0. The second-order valence-corrected chi connectivity index (χ2v) is 7.97. The molecule has 0 bridgehead atoms. The quantitative estimate of drug-likeness (QED) is 0.452. The summed E-state index contributed by atoms with van der Waals surface area (Å²) in [4.78, 5) is 29.0. The van der Waals surface area contributed by atoms with E-state index in [1.807, 2.05) is 0 Å². The third-order valence-electron chi connectivity index (χ3n) is 5.01. The van der Waals surface area contributed by atoms with Crippen molar-refractivity contribution in [2.75, 3.05) is 5.32 Å². The minimum atomic E-state index is -2.45. The Hall–Kier alpha value is -2.61. The van der Waals surface area contributed by atoms with E-state index < -0.39 is 24.4 Å². The molecule has 0 aliphatic rings. The number of anilines is 1. The van der Waals surface area contributed by atoms with Gasteiger partial charge in [0, 0.05) is 35.2 Å². The third kappa shape index (κ3) is 8.20. The second kappa shape index (κ2) is 12.3. The number of amides is 2. The van der Waals surface area contributed by atoms with Gasteiger partial charge in [-0.05, 0) is 44.4 Å². The van der Waals surface area contributed by atoms with Crippen LogP contribution in [0.4, 0.5) is 14.6 Å². The maximum absolute atomic E-state index is 13.2. The van der Waals surface area contributed by atoms with Gasteiger partial charge < -0.3 is 16.4 Å². The number of aromatic nitrogens is 1. The molecule has 31 heavy (non-hydrogen) atoms. The number of hydrogen-bond donors (Lipinski definition) is 3. The summed E-state index contributed by atoms with van der Waals surface area (Å²) >= 11 is 0. The van der Waals surface area contributed by atoms with Gasteiger partial charge in [0.2, 0.25) is 12.3 Å². The zero-order valence-electron chi connectivity index (χ0n) is 18.9. The average Bonchev–Trinajstić information content (AvgIpc) is 2.68. The Bertz CT molecular complexity index is 809. The molecule has 0 saturated carbocycles. The molecule has 1 aromatic heterocycles. The van der Waals surface area contributed by atoms with Gasteiger partial charge in [-0.25, -0.2) is 13.8 Å². The van der Waals surface area contributed by atoms with E-state index in [1.54, 1.807) is 46.8 Å². The third-order valence-corrected chi connectivity index (χ3v) is 5.01. The van der Waals surface area contributed by atoms with Crippen molar-refractivity contribution in [2.24, 2.45) is 17.6 Å². The lowest BCUT2D eigenvalue weighted by molar-refractivity contribution is -0.118. The predicted octanol–water partition coefficient (Wildman–Crippen LogP) is 4.22. The van der Waals surface area contributed by atoms with Crippen molar-refractivity contribution in [3.05, 3.63) is 47.7 Å². The zero-order valence-corrected chi connectivity index (χ0v) is 18.9. The predicted molar refractivity (Wildman–Crippen MR) is 120 cm³/mol. The molecule has 3 unspecified atom stereocenters. The molecule has 4 N–H and O–H groups in total. The van der Waals surface area contributed by atoms with Gasteiger partial charge in [0.15, 0.2) is 0 Å². The molecule has 8 heteroatoms. The Morgan fingerprint density at radius 2 is 1.90 bits per heavy atom. The molecule has 0 aliphatic carbocycles. The van der Waals surface area contributed by atoms with Crippen molar-refractivity contribution in [3.8, 4) is 0 Å². The molecule has 172 valence electrons. The lowest BCUT2D eigenvalue weighted by atomic mass is 9.90. The van der Waals surface area contributed by atoms with E-state index in [4.69, 9.17) is 5.73 Å². The van der Waals surface area contributed by atoms with Crippen LogP contribution in [-0.2, 0) is 4.79 Å². The molecule has 6 nitrogen and oxygen atoms in total. The summed E-state index contributed by atoms with van der Waals surface area (Å²) in [6.07, 6.45) is 1.14. The van der Waals surface area contributed by atoms with Gasteiger partial charge in [-0.15, -0.1) is 0 Å². The molecule has 1 heterocycles. The number of rotatable bonds is 11. The van der Waals surface area contributed by atoms with Crippen molar-refractivity contribution in [1.82, 2.24) is 10.3 Å². The minimum Gasteiger partial charge on any atom is -0.346 e. The maximum Gasteiger partial charge on any atom is 0.251 e. The summed E-state index contributed by atoms with van der Waals surface area (Å²) in [6.45, 7) is 12.3. The molecule has 0 spiro atoms. The summed E-state index contributed by atoms with van der Waals surface area (Å²) in [5, 5.41) is 5.53. The fourth-order valence-electron chi connectivity index (χ4n) is 3.13. The molecule has 0 radical (unpaired) electrons. The van der Waals surface area contributed by atoms with E-state index in [0.29, 0.717) is 23.3 Å². The molecular weight excluding hydrogens is 402 g/mol. The highest BCUT2D eigenvalue weighted by Crippen LogP contribution is 2.23. The summed E-state index contributed by atoms with van der Waals surface area (Å²) < 4.78 is 26.3. The van der Waals surface area contributed by atoms with Crippen molar-refractivity contribution >= 4 is 17.6 Å². The number of pyridine rings is 1. The molecule has 1 rings (SSSR count). The van der Waals surface area contributed by atoms with Gasteiger partial charge in [-0.3, -0.25) is 9.59 Å². The van der Waals surface area contributed by atoms with E-state index in [1.165, 1.54) is 12.1 Å². The first-order valence-electron chi connectivity index (χ1n) is 10.5. The van der Waals surface area contributed by atoms with E-state index >= 15 is 0 Å². The van der Waals surface area contributed by atoms with Crippen molar-refractivity contribution < 1.29 is 18.4 Å². The van der Waals surface area contributed by atoms with Gasteiger partial charge in [0.05, 0.1) is 0 Å². The van der Waals surface area contributed by atoms with Crippen LogP contribution in [0.15, 0.2) is 36.4 Å². The van der Waals surface area contributed by atoms with E-state index in [9.17, 15) is 18.4 Å². The maximum atomic E-state index is 13.2. The zero-order chi connectivity index (χ0) is 23.7. The number of halogens is 2. The summed E-state index contributed by atoms with van der Waals surface area (Å²) in [5.74, 6) is -1.35. The molecule has 0 fully saturated rings. The Morgan fingerprint density at radius 1 is 1.26 bits per heavy atom. The molecule has 1 aromatic rings.